The first kappa shape index (κ1) is 18.9. The summed E-state index contributed by atoms with van der Waals surface area (Å²) in [5.41, 5.74) is 5.50. The summed E-state index contributed by atoms with van der Waals surface area (Å²) in [6.45, 7) is 7.40. The van der Waals surface area contributed by atoms with Gasteiger partial charge in [0.2, 0.25) is 0 Å². The van der Waals surface area contributed by atoms with Crippen molar-refractivity contribution in [3.8, 4) is 0 Å². The van der Waals surface area contributed by atoms with Crippen LogP contribution in [0.15, 0.2) is 23.4 Å². The second-order valence-electron chi connectivity index (χ2n) is 6.17. The SMILES string of the molecule is CCC(NCc1ccc(C(N)=NO)cc1F)C(=O)OC(C)(C)C. The molecule has 1 aromatic carbocycles. The van der Waals surface area contributed by atoms with Gasteiger partial charge in [-0.15, -0.1) is 0 Å². The number of carbonyl (C=O) groups excluding carboxylic acids is 1. The predicted molar refractivity (Wildman–Crippen MR) is 85.7 cm³/mol. The van der Waals surface area contributed by atoms with Crippen molar-refractivity contribution in [3.63, 3.8) is 0 Å². The first-order valence-electron chi connectivity index (χ1n) is 7.40. The van der Waals surface area contributed by atoms with Gasteiger partial charge in [0.15, 0.2) is 5.84 Å². The molecule has 1 rings (SSSR count). The quantitative estimate of drug-likeness (QED) is 0.245. The first-order chi connectivity index (χ1) is 10.7. The number of hydrogen-bond acceptors (Lipinski definition) is 5. The van der Waals surface area contributed by atoms with Crippen LogP contribution >= 0.6 is 0 Å². The van der Waals surface area contributed by atoms with Crippen molar-refractivity contribution in [3.05, 3.63) is 35.1 Å². The van der Waals surface area contributed by atoms with E-state index in [-0.39, 0.29) is 23.9 Å². The van der Waals surface area contributed by atoms with E-state index >= 15 is 0 Å². The lowest BCUT2D eigenvalue weighted by Crippen LogP contribution is -2.40. The Morgan fingerprint density at radius 3 is 2.61 bits per heavy atom. The highest BCUT2D eigenvalue weighted by molar-refractivity contribution is 5.97. The first-order valence-corrected chi connectivity index (χ1v) is 7.40. The van der Waals surface area contributed by atoms with Crippen molar-refractivity contribution in [1.82, 2.24) is 5.32 Å². The fraction of sp³-hybridized carbons (Fsp3) is 0.500. The third-order valence-corrected chi connectivity index (χ3v) is 3.10. The predicted octanol–water partition coefficient (Wildman–Crippen LogP) is 2.13. The van der Waals surface area contributed by atoms with E-state index in [1.54, 1.807) is 26.8 Å². The molecule has 23 heavy (non-hydrogen) atoms. The van der Waals surface area contributed by atoms with Gasteiger partial charge in [0.05, 0.1) is 0 Å². The minimum atomic E-state index is -0.569. The Labute approximate surface area is 135 Å². The number of halogens is 1. The van der Waals surface area contributed by atoms with E-state index in [0.717, 1.165) is 0 Å². The molecule has 0 aromatic heterocycles. The molecule has 0 fully saturated rings. The Hall–Kier alpha value is -2.15. The normalized spacial score (nSPS) is 13.7. The van der Waals surface area contributed by atoms with Crippen molar-refractivity contribution in [2.75, 3.05) is 0 Å². The summed E-state index contributed by atoms with van der Waals surface area (Å²) in [6, 6.07) is 3.74. The van der Waals surface area contributed by atoms with Crippen LogP contribution in [0.25, 0.3) is 0 Å². The smallest absolute Gasteiger partial charge is 0.323 e. The lowest BCUT2D eigenvalue weighted by Gasteiger charge is -2.24. The Kier molecular flexibility index (Phi) is 6.50. The number of ether oxygens (including phenoxy) is 1. The van der Waals surface area contributed by atoms with E-state index in [2.05, 4.69) is 10.5 Å². The molecular weight excluding hydrogens is 301 g/mol. The number of nitrogens with zero attached hydrogens (tertiary/aromatic N) is 1. The van der Waals surface area contributed by atoms with Crippen molar-refractivity contribution >= 4 is 11.8 Å². The van der Waals surface area contributed by atoms with Crippen LogP contribution < -0.4 is 11.1 Å². The highest BCUT2D eigenvalue weighted by Gasteiger charge is 2.23. The summed E-state index contributed by atoms with van der Waals surface area (Å²) in [7, 11) is 0. The van der Waals surface area contributed by atoms with Gasteiger partial charge in [0.1, 0.15) is 17.5 Å². The summed E-state index contributed by atoms with van der Waals surface area (Å²) < 4.78 is 19.3. The molecule has 0 aliphatic carbocycles. The van der Waals surface area contributed by atoms with Crippen molar-refractivity contribution in [2.24, 2.45) is 10.9 Å². The minimum Gasteiger partial charge on any atom is -0.459 e. The van der Waals surface area contributed by atoms with E-state index in [1.807, 2.05) is 6.92 Å². The molecule has 6 nitrogen and oxygen atoms in total. The monoisotopic (exact) mass is 325 g/mol. The molecule has 0 saturated carbocycles. The maximum Gasteiger partial charge on any atom is 0.323 e. The zero-order valence-corrected chi connectivity index (χ0v) is 13.9. The van der Waals surface area contributed by atoms with E-state index in [0.29, 0.717) is 12.0 Å². The van der Waals surface area contributed by atoms with Gasteiger partial charge in [-0.3, -0.25) is 4.79 Å². The summed E-state index contributed by atoms with van der Waals surface area (Å²) in [5, 5.41) is 14.4. The van der Waals surface area contributed by atoms with Gasteiger partial charge in [-0.05, 0) is 33.3 Å². The molecule has 4 N–H and O–H groups in total. The van der Waals surface area contributed by atoms with Gasteiger partial charge >= 0.3 is 5.97 Å². The van der Waals surface area contributed by atoms with Gasteiger partial charge < -0.3 is 21.0 Å². The number of nitrogens with one attached hydrogen (secondary N) is 1. The third kappa shape index (κ3) is 5.86. The molecule has 0 bridgehead atoms. The maximum atomic E-state index is 14.0. The van der Waals surface area contributed by atoms with Crippen molar-refractivity contribution < 1.29 is 19.1 Å². The molecule has 0 saturated heterocycles. The lowest BCUT2D eigenvalue weighted by atomic mass is 10.1. The Bertz CT molecular complexity index is 582. The van der Waals surface area contributed by atoms with Crippen molar-refractivity contribution in [1.29, 1.82) is 0 Å². The zero-order valence-electron chi connectivity index (χ0n) is 13.9. The van der Waals surface area contributed by atoms with Crippen LogP contribution in [0.2, 0.25) is 0 Å². The lowest BCUT2D eigenvalue weighted by molar-refractivity contribution is -0.157. The highest BCUT2D eigenvalue weighted by Crippen LogP contribution is 2.13. The Balaban J connectivity index is 2.74. The third-order valence-electron chi connectivity index (χ3n) is 3.10. The number of rotatable bonds is 6. The standard InChI is InChI=1S/C16H24FN3O3/c1-5-13(15(21)23-16(2,3)4)19-9-11-7-6-10(8-12(11)17)14(18)20-22/h6-8,13,19,22H,5,9H2,1-4H3,(H2,18,20). The average molecular weight is 325 g/mol. The number of oxime groups is 1. The largest absolute Gasteiger partial charge is 0.459 e. The molecule has 0 aliphatic heterocycles. The summed E-state index contributed by atoms with van der Waals surface area (Å²) in [6.07, 6.45) is 0.527. The number of amidine groups is 1. The van der Waals surface area contributed by atoms with Crippen LogP contribution in [0.3, 0.4) is 0 Å². The summed E-state index contributed by atoms with van der Waals surface area (Å²) >= 11 is 0. The molecule has 0 spiro atoms. The summed E-state index contributed by atoms with van der Waals surface area (Å²) in [5.74, 6) is -1.03. The number of hydrogen-bond donors (Lipinski definition) is 3. The zero-order chi connectivity index (χ0) is 17.6. The second kappa shape index (κ2) is 7.92. The van der Waals surface area contributed by atoms with Crippen LogP contribution in [-0.4, -0.2) is 28.7 Å². The minimum absolute atomic E-state index is 0.163. The topological polar surface area (TPSA) is 96.9 Å². The number of benzene rings is 1. The van der Waals surface area contributed by atoms with Gasteiger partial charge in [-0.25, -0.2) is 4.39 Å². The van der Waals surface area contributed by atoms with Gasteiger partial charge in [0, 0.05) is 17.7 Å². The Morgan fingerprint density at radius 1 is 1.48 bits per heavy atom. The fourth-order valence-electron chi connectivity index (χ4n) is 1.91. The van der Waals surface area contributed by atoms with Crippen LogP contribution in [-0.2, 0) is 16.1 Å². The van der Waals surface area contributed by atoms with Crippen LogP contribution in [0.1, 0.15) is 45.2 Å². The second-order valence-corrected chi connectivity index (χ2v) is 6.17. The van der Waals surface area contributed by atoms with Gasteiger partial charge in [0.25, 0.3) is 0 Å². The van der Waals surface area contributed by atoms with Crippen molar-refractivity contribution in [2.45, 2.75) is 52.3 Å². The van der Waals surface area contributed by atoms with Crippen LogP contribution in [0.5, 0.6) is 0 Å². The fourth-order valence-corrected chi connectivity index (χ4v) is 1.91. The van der Waals surface area contributed by atoms with E-state index in [9.17, 15) is 9.18 Å². The number of esters is 1. The Morgan fingerprint density at radius 2 is 2.13 bits per heavy atom. The van der Waals surface area contributed by atoms with Gasteiger partial charge in [-0.1, -0.05) is 24.2 Å². The maximum absolute atomic E-state index is 14.0. The molecule has 1 aromatic rings. The highest BCUT2D eigenvalue weighted by atomic mass is 19.1. The van der Waals surface area contributed by atoms with Gasteiger partial charge in [-0.2, -0.15) is 0 Å². The molecular formula is C16H24FN3O3. The van der Waals surface area contributed by atoms with Crippen LogP contribution in [0, 0.1) is 5.82 Å². The average Bonchev–Trinajstić information content (AvgIpc) is 2.46. The van der Waals surface area contributed by atoms with Crippen LogP contribution in [0.4, 0.5) is 4.39 Å². The molecule has 1 unspecified atom stereocenters. The summed E-state index contributed by atoms with van der Waals surface area (Å²) in [4.78, 5) is 12.0. The number of carbonyl (C=O) groups is 1. The van der Waals surface area contributed by atoms with E-state index in [1.165, 1.54) is 12.1 Å². The molecule has 7 heteroatoms. The van der Waals surface area contributed by atoms with E-state index < -0.39 is 17.5 Å². The number of nitrogens with two attached hydrogens (primary N) is 1. The van der Waals surface area contributed by atoms with E-state index in [4.69, 9.17) is 15.7 Å². The molecule has 128 valence electrons. The molecule has 0 radical (unpaired) electrons. The molecule has 0 heterocycles. The molecule has 1 atom stereocenters. The molecule has 0 amide bonds. The molecule has 0 aliphatic rings.